The number of hydrogen-bond acceptors (Lipinski definition) is 4. The molecule has 2 rings (SSSR count). The molecule has 0 unspecified atom stereocenters. The summed E-state index contributed by atoms with van der Waals surface area (Å²) in [5, 5.41) is 8.02. The molecule has 7 nitrogen and oxygen atoms in total. The minimum Gasteiger partial charge on any atom is -0.444 e. The van der Waals surface area contributed by atoms with Gasteiger partial charge in [0, 0.05) is 23.1 Å². The van der Waals surface area contributed by atoms with Crippen molar-refractivity contribution in [3.05, 3.63) is 64.1 Å². The molecule has 0 saturated carbocycles. The third-order valence-electron chi connectivity index (χ3n) is 4.07. The van der Waals surface area contributed by atoms with Crippen molar-refractivity contribution in [1.29, 1.82) is 0 Å². The minimum absolute atomic E-state index is 0.0493. The molecular weight excluding hydrogens is 462 g/mol. The first-order chi connectivity index (χ1) is 14.6. The van der Waals surface area contributed by atoms with Crippen LogP contribution in [0.2, 0.25) is 0 Å². The Kier molecular flexibility index (Phi) is 9.05. The normalized spacial score (nSPS) is 10.8. The van der Waals surface area contributed by atoms with Crippen LogP contribution in [-0.4, -0.2) is 30.1 Å². The van der Waals surface area contributed by atoms with Crippen LogP contribution in [0.4, 0.5) is 10.5 Å². The van der Waals surface area contributed by atoms with Crippen LogP contribution in [-0.2, 0) is 27.3 Å². The van der Waals surface area contributed by atoms with Crippen molar-refractivity contribution in [2.24, 2.45) is 0 Å². The van der Waals surface area contributed by atoms with Gasteiger partial charge in [-0.1, -0.05) is 46.3 Å². The van der Waals surface area contributed by atoms with Gasteiger partial charge in [0.1, 0.15) is 12.1 Å². The smallest absolute Gasteiger partial charge is 0.408 e. The van der Waals surface area contributed by atoms with Gasteiger partial charge in [-0.05, 0) is 56.5 Å². The van der Waals surface area contributed by atoms with Gasteiger partial charge >= 0.3 is 6.09 Å². The molecule has 0 aliphatic rings. The van der Waals surface area contributed by atoms with E-state index in [1.807, 2.05) is 30.3 Å². The molecule has 8 heteroatoms. The van der Waals surface area contributed by atoms with Crippen molar-refractivity contribution < 1.29 is 19.1 Å². The van der Waals surface area contributed by atoms with Crippen LogP contribution >= 0.6 is 15.9 Å². The molecule has 0 spiro atoms. The summed E-state index contributed by atoms with van der Waals surface area (Å²) in [4.78, 5) is 35.8. The van der Waals surface area contributed by atoms with Crippen LogP contribution in [0.3, 0.4) is 0 Å². The van der Waals surface area contributed by atoms with E-state index in [1.54, 1.807) is 39.0 Å². The first-order valence-corrected chi connectivity index (χ1v) is 10.8. The Morgan fingerprint density at radius 2 is 1.71 bits per heavy atom. The Labute approximate surface area is 191 Å². The SMILES string of the molecule is CC(C)(C)OC(=O)NCC(=O)Nc1cccc(CNC(=O)CCc2ccccc2Br)c1. The van der Waals surface area contributed by atoms with Gasteiger partial charge in [-0.3, -0.25) is 9.59 Å². The molecule has 2 aromatic rings. The summed E-state index contributed by atoms with van der Waals surface area (Å²) in [6.07, 6.45) is 0.380. The monoisotopic (exact) mass is 489 g/mol. The Balaban J connectivity index is 1.77. The molecular formula is C23H28BrN3O4. The van der Waals surface area contributed by atoms with Crippen LogP contribution < -0.4 is 16.0 Å². The highest BCUT2D eigenvalue weighted by molar-refractivity contribution is 9.10. The number of nitrogens with one attached hydrogen (secondary N) is 3. The predicted octanol–water partition coefficient (Wildman–Crippen LogP) is 4.16. The predicted molar refractivity (Wildman–Crippen MR) is 124 cm³/mol. The van der Waals surface area contributed by atoms with E-state index in [-0.39, 0.29) is 18.4 Å². The summed E-state index contributed by atoms with van der Waals surface area (Å²) in [7, 11) is 0. The second kappa shape index (κ2) is 11.5. The van der Waals surface area contributed by atoms with Gasteiger partial charge in [0.2, 0.25) is 11.8 Å². The number of carbonyl (C=O) groups is 3. The van der Waals surface area contributed by atoms with Gasteiger partial charge in [-0.15, -0.1) is 0 Å². The van der Waals surface area contributed by atoms with Crippen molar-refractivity contribution in [3.8, 4) is 0 Å². The quantitative estimate of drug-likeness (QED) is 0.518. The molecule has 0 aliphatic carbocycles. The number of benzene rings is 2. The third-order valence-corrected chi connectivity index (χ3v) is 4.85. The molecule has 31 heavy (non-hydrogen) atoms. The van der Waals surface area contributed by atoms with Gasteiger partial charge in [0.25, 0.3) is 0 Å². The van der Waals surface area contributed by atoms with E-state index in [0.717, 1.165) is 15.6 Å². The highest BCUT2D eigenvalue weighted by atomic mass is 79.9. The lowest BCUT2D eigenvalue weighted by atomic mass is 10.1. The molecule has 3 amide bonds. The lowest BCUT2D eigenvalue weighted by molar-refractivity contribution is -0.121. The molecule has 0 aliphatic heterocycles. The zero-order valence-corrected chi connectivity index (χ0v) is 19.5. The summed E-state index contributed by atoms with van der Waals surface area (Å²) in [6, 6.07) is 15.0. The van der Waals surface area contributed by atoms with E-state index >= 15 is 0 Å². The van der Waals surface area contributed by atoms with E-state index < -0.39 is 11.7 Å². The second-order valence-corrected chi connectivity index (χ2v) is 8.83. The molecule has 0 fully saturated rings. The standard InChI is InChI=1S/C23H28BrN3O4/c1-23(2,3)31-22(30)26-15-21(29)27-18-9-6-7-16(13-18)14-25-20(28)12-11-17-8-4-5-10-19(17)24/h4-10,13H,11-12,14-15H2,1-3H3,(H,25,28)(H,26,30)(H,27,29). The van der Waals surface area contributed by atoms with Gasteiger partial charge in [-0.2, -0.15) is 0 Å². The Morgan fingerprint density at radius 3 is 2.42 bits per heavy atom. The van der Waals surface area contributed by atoms with Gasteiger partial charge < -0.3 is 20.7 Å². The Hall–Kier alpha value is -2.87. The maximum atomic E-state index is 12.2. The van der Waals surface area contributed by atoms with Gasteiger partial charge in [-0.25, -0.2) is 4.79 Å². The summed E-state index contributed by atoms with van der Waals surface area (Å²) in [6.45, 7) is 5.40. The molecule has 0 aromatic heterocycles. The number of carbonyl (C=O) groups excluding carboxylic acids is 3. The summed E-state index contributed by atoms with van der Waals surface area (Å²) in [5.41, 5.74) is 1.89. The fraction of sp³-hybridized carbons (Fsp3) is 0.348. The first-order valence-electron chi connectivity index (χ1n) is 9.98. The average Bonchev–Trinajstić information content (AvgIpc) is 2.69. The topological polar surface area (TPSA) is 96.5 Å². The highest BCUT2D eigenvalue weighted by Crippen LogP contribution is 2.17. The van der Waals surface area contributed by atoms with E-state index in [1.165, 1.54) is 0 Å². The summed E-state index contributed by atoms with van der Waals surface area (Å²) >= 11 is 3.48. The first kappa shape index (κ1) is 24.4. The zero-order chi connectivity index (χ0) is 22.9. The molecule has 166 valence electrons. The second-order valence-electron chi connectivity index (χ2n) is 7.97. The summed E-state index contributed by atoms with van der Waals surface area (Å²) in [5.74, 6) is -0.424. The number of hydrogen-bond donors (Lipinski definition) is 3. The maximum absolute atomic E-state index is 12.2. The number of halogens is 1. The molecule has 3 N–H and O–H groups in total. The number of aryl methyl sites for hydroxylation is 1. The van der Waals surface area contributed by atoms with Crippen molar-refractivity contribution >= 4 is 39.5 Å². The average molecular weight is 490 g/mol. The summed E-state index contributed by atoms with van der Waals surface area (Å²) < 4.78 is 6.09. The van der Waals surface area contributed by atoms with Crippen LogP contribution in [0.25, 0.3) is 0 Å². The van der Waals surface area contributed by atoms with Gasteiger partial charge in [0.15, 0.2) is 0 Å². The van der Waals surface area contributed by atoms with Crippen LogP contribution in [0, 0.1) is 0 Å². The lowest BCUT2D eigenvalue weighted by Gasteiger charge is -2.19. The Morgan fingerprint density at radius 1 is 0.968 bits per heavy atom. The molecule has 0 saturated heterocycles. The largest absolute Gasteiger partial charge is 0.444 e. The van der Waals surface area contributed by atoms with Crippen molar-refractivity contribution in [1.82, 2.24) is 10.6 Å². The van der Waals surface area contributed by atoms with Crippen molar-refractivity contribution in [2.45, 2.75) is 45.8 Å². The number of alkyl carbamates (subject to hydrolysis) is 1. The minimum atomic E-state index is -0.651. The molecule has 0 heterocycles. The third kappa shape index (κ3) is 9.65. The molecule has 0 atom stereocenters. The number of amides is 3. The van der Waals surface area contributed by atoms with E-state index in [0.29, 0.717) is 25.1 Å². The zero-order valence-electron chi connectivity index (χ0n) is 18.0. The van der Waals surface area contributed by atoms with Crippen molar-refractivity contribution in [2.75, 3.05) is 11.9 Å². The molecule has 0 bridgehead atoms. The van der Waals surface area contributed by atoms with Gasteiger partial charge in [0.05, 0.1) is 0 Å². The number of rotatable bonds is 8. The van der Waals surface area contributed by atoms with Crippen molar-refractivity contribution in [3.63, 3.8) is 0 Å². The number of ether oxygens (including phenoxy) is 1. The van der Waals surface area contributed by atoms with Crippen LogP contribution in [0.5, 0.6) is 0 Å². The Bertz CT molecular complexity index is 925. The molecule has 0 radical (unpaired) electrons. The van der Waals surface area contributed by atoms with Crippen LogP contribution in [0.15, 0.2) is 53.0 Å². The van der Waals surface area contributed by atoms with E-state index in [2.05, 4.69) is 31.9 Å². The highest BCUT2D eigenvalue weighted by Gasteiger charge is 2.16. The van der Waals surface area contributed by atoms with Crippen LogP contribution in [0.1, 0.15) is 38.3 Å². The fourth-order valence-electron chi connectivity index (χ4n) is 2.67. The molecule has 2 aromatic carbocycles. The fourth-order valence-corrected chi connectivity index (χ4v) is 3.15. The maximum Gasteiger partial charge on any atom is 0.408 e. The van der Waals surface area contributed by atoms with E-state index in [4.69, 9.17) is 4.74 Å². The lowest BCUT2D eigenvalue weighted by Crippen LogP contribution is -2.37. The van der Waals surface area contributed by atoms with E-state index in [9.17, 15) is 14.4 Å². The number of anilines is 1.